The van der Waals surface area contributed by atoms with Crippen LogP contribution >= 0.6 is 0 Å². The Morgan fingerprint density at radius 1 is 1.24 bits per heavy atom. The SMILES string of the molecule is O=C(Cn1cc(C(=O)O)nn1)NCc1ccc(OCC(F)(F)F)cc1. The maximum atomic E-state index is 12.0. The average molecular weight is 358 g/mol. The van der Waals surface area contributed by atoms with Gasteiger partial charge in [-0.25, -0.2) is 9.48 Å². The first kappa shape index (κ1) is 18.2. The van der Waals surface area contributed by atoms with E-state index in [2.05, 4.69) is 20.4 Å². The summed E-state index contributed by atoms with van der Waals surface area (Å²) in [6.45, 7) is -1.45. The molecule has 1 aromatic carbocycles. The summed E-state index contributed by atoms with van der Waals surface area (Å²) in [6.07, 6.45) is -3.29. The van der Waals surface area contributed by atoms with Gasteiger partial charge in [0.15, 0.2) is 12.3 Å². The normalized spacial score (nSPS) is 11.2. The molecule has 0 aliphatic heterocycles. The molecule has 0 spiro atoms. The summed E-state index contributed by atoms with van der Waals surface area (Å²) in [5.74, 6) is -1.62. The maximum absolute atomic E-state index is 12.0. The Morgan fingerprint density at radius 2 is 1.92 bits per heavy atom. The predicted octanol–water partition coefficient (Wildman–Crippen LogP) is 1.23. The standard InChI is InChI=1S/C14H13F3N4O4/c15-14(16,17)8-25-10-3-1-9(2-4-10)5-18-12(22)7-21-6-11(13(23)24)19-20-21/h1-4,6H,5,7-8H2,(H,18,22)(H,23,24). The number of carbonyl (C=O) groups is 2. The molecular formula is C14H13F3N4O4. The molecule has 8 nitrogen and oxygen atoms in total. The maximum Gasteiger partial charge on any atom is 0.422 e. The van der Waals surface area contributed by atoms with Gasteiger partial charge >= 0.3 is 12.1 Å². The van der Waals surface area contributed by atoms with Crippen LogP contribution in [0.5, 0.6) is 5.75 Å². The van der Waals surface area contributed by atoms with Crippen molar-refractivity contribution in [2.75, 3.05) is 6.61 Å². The van der Waals surface area contributed by atoms with E-state index in [1.54, 1.807) is 0 Å². The molecule has 1 aromatic heterocycles. The Labute approximate surface area is 139 Å². The molecule has 2 rings (SSSR count). The minimum atomic E-state index is -4.41. The van der Waals surface area contributed by atoms with Gasteiger partial charge in [-0.3, -0.25) is 4.79 Å². The van der Waals surface area contributed by atoms with Gasteiger partial charge in [0.1, 0.15) is 12.3 Å². The van der Waals surface area contributed by atoms with E-state index in [9.17, 15) is 22.8 Å². The number of rotatable bonds is 7. The van der Waals surface area contributed by atoms with Crippen molar-refractivity contribution in [3.63, 3.8) is 0 Å². The number of hydrogen-bond acceptors (Lipinski definition) is 5. The van der Waals surface area contributed by atoms with E-state index in [-0.39, 0.29) is 24.5 Å². The highest BCUT2D eigenvalue weighted by atomic mass is 19.4. The van der Waals surface area contributed by atoms with Crippen LogP contribution in [-0.2, 0) is 17.9 Å². The van der Waals surface area contributed by atoms with Crippen molar-refractivity contribution in [1.82, 2.24) is 20.3 Å². The van der Waals surface area contributed by atoms with E-state index < -0.39 is 24.7 Å². The van der Waals surface area contributed by atoms with E-state index in [1.165, 1.54) is 24.3 Å². The van der Waals surface area contributed by atoms with Crippen LogP contribution < -0.4 is 10.1 Å². The number of halogens is 3. The van der Waals surface area contributed by atoms with Crippen molar-refractivity contribution in [2.24, 2.45) is 0 Å². The monoisotopic (exact) mass is 358 g/mol. The van der Waals surface area contributed by atoms with Crippen molar-refractivity contribution >= 4 is 11.9 Å². The smallest absolute Gasteiger partial charge is 0.422 e. The van der Waals surface area contributed by atoms with Crippen molar-refractivity contribution in [3.8, 4) is 5.75 Å². The molecule has 25 heavy (non-hydrogen) atoms. The number of hydrogen-bond donors (Lipinski definition) is 2. The summed E-state index contributed by atoms with van der Waals surface area (Å²) in [7, 11) is 0. The minimum absolute atomic E-state index is 0.0659. The lowest BCUT2D eigenvalue weighted by atomic mass is 10.2. The zero-order valence-electron chi connectivity index (χ0n) is 12.7. The summed E-state index contributed by atoms with van der Waals surface area (Å²) in [6, 6.07) is 5.77. The van der Waals surface area contributed by atoms with Crippen LogP contribution in [-0.4, -0.2) is 44.8 Å². The first-order valence-electron chi connectivity index (χ1n) is 6.91. The number of nitrogens with zero attached hydrogens (tertiary/aromatic N) is 3. The van der Waals surface area contributed by atoms with E-state index >= 15 is 0 Å². The number of carboxylic acid groups (broad SMARTS) is 1. The average Bonchev–Trinajstić information content (AvgIpc) is 3.00. The topological polar surface area (TPSA) is 106 Å². The number of amides is 1. The molecule has 1 heterocycles. The van der Waals surface area contributed by atoms with Crippen LogP contribution in [0.3, 0.4) is 0 Å². The zero-order chi connectivity index (χ0) is 18.4. The summed E-state index contributed by atoms with van der Waals surface area (Å²) >= 11 is 0. The van der Waals surface area contributed by atoms with Crippen molar-refractivity contribution in [2.45, 2.75) is 19.3 Å². The summed E-state index contributed by atoms with van der Waals surface area (Å²) < 4.78 is 41.8. The molecule has 0 atom stereocenters. The fourth-order valence-electron chi connectivity index (χ4n) is 1.75. The van der Waals surface area contributed by atoms with Gasteiger partial charge in [0, 0.05) is 6.54 Å². The van der Waals surface area contributed by atoms with Crippen LogP contribution in [0.15, 0.2) is 30.5 Å². The van der Waals surface area contributed by atoms with Crippen LogP contribution in [0.4, 0.5) is 13.2 Å². The first-order chi connectivity index (χ1) is 11.7. The molecule has 0 fully saturated rings. The second kappa shape index (κ2) is 7.64. The number of benzene rings is 1. The molecule has 2 N–H and O–H groups in total. The fraction of sp³-hybridized carbons (Fsp3) is 0.286. The highest BCUT2D eigenvalue weighted by Crippen LogP contribution is 2.18. The zero-order valence-corrected chi connectivity index (χ0v) is 12.7. The molecule has 0 bridgehead atoms. The van der Waals surface area contributed by atoms with Crippen LogP contribution in [0.2, 0.25) is 0 Å². The molecule has 2 aromatic rings. The van der Waals surface area contributed by atoms with Crippen LogP contribution in [0.1, 0.15) is 16.1 Å². The summed E-state index contributed by atoms with van der Waals surface area (Å²) in [5, 5.41) is 18.1. The quantitative estimate of drug-likeness (QED) is 0.771. The first-order valence-corrected chi connectivity index (χ1v) is 6.91. The molecule has 0 saturated heterocycles. The number of aromatic nitrogens is 3. The van der Waals surface area contributed by atoms with Gasteiger partial charge in [-0.15, -0.1) is 5.10 Å². The molecule has 1 amide bonds. The highest BCUT2D eigenvalue weighted by molar-refractivity contribution is 5.84. The van der Waals surface area contributed by atoms with Gasteiger partial charge in [0.25, 0.3) is 0 Å². The Bertz CT molecular complexity index is 743. The molecule has 0 saturated carbocycles. The second-order valence-corrected chi connectivity index (χ2v) is 4.93. The van der Waals surface area contributed by atoms with E-state index in [1.807, 2.05) is 0 Å². The van der Waals surface area contributed by atoms with Gasteiger partial charge in [-0.1, -0.05) is 17.3 Å². The fourth-order valence-corrected chi connectivity index (χ4v) is 1.75. The number of aromatic carboxylic acids is 1. The Balaban J connectivity index is 1.80. The van der Waals surface area contributed by atoms with E-state index in [0.29, 0.717) is 5.56 Å². The summed E-state index contributed by atoms with van der Waals surface area (Å²) in [4.78, 5) is 22.4. The number of carboxylic acids is 1. The Kier molecular flexibility index (Phi) is 5.57. The molecule has 134 valence electrons. The van der Waals surface area contributed by atoms with E-state index in [0.717, 1.165) is 10.9 Å². The van der Waals surface area contributed by atoms with Gasteiger partial charge in [0.05, 0.1) is 6.20 Å². The molecule has 0 aliphatic rings. The van der Waals surface area contributed by atoms with Crippen LogP contribution in [0, 0.1) is 0 Å². The van der Waals surface area contributed by atoms with E-state index in [4.69, 9.17) is 5.11 Å². The minimum Gasteiger partial charge on any atom is -0.484 e. The third-order valence-corrected chi connectivity index (χ3v) is 2.88. The lowest BCUT2D eigenvalue weighted by Gasteiger charge is -2.10. The number of nitrogens with one attached hydrogen (secondary N) is 1. The van der Waals surface area contributed by atoms with Crippen LogP contribution in [0.25, 0.3) is 0 Å². The number of ether oxygens (including phenoxy) is 1. The molecule has 0 aliphatic carbocycles. The van der Waals surface area contributed by atoms with Gasteiger partial charge in [-0.2, -0.15) is 13.2 Å². The third-order valence-electron chi connectivity index (χ3n) is 2.88. The second-order valence-electron chi connectivity index (χ2n) is 4.93. The number of alkyl halides is 3. The largest absolute Gasteiger partial charge is 0.484 e. The molecule has 0 radical (unpaired) electrons. The van der Waals surface area contributed by atoms with Crippen molar-refractivity contribution < 1.29 is 32.6 Å². The lowest BCUT2D eigenvalue weighted by molar-refractivity contribution is -0.153. The Hall–Kier alpha value is -3.11. The lowest BCUT2D eigenvalue weighted by Crippen LogP contribution is -2.27. The van der Waals surface area contributed by atoms with Crippen molar-refractivity contribution in [3.05, 3.63) is 41.7 Å². The van der Waals surface area contributed by atoms with Gasteiger partial charge in [0.2, 0.25) is 5.91 Å². The highest BCUT2D eigenvalue weighted by Gasteiger charge is 2.28. The van der Waals surface area contributed by atoms with Crippen molar-refractivity contribution in [1.29, 1.82) is 0 Å². The third kappa shape index (κ3) is 6.12. The molecular weight excluding hydrogens is 345 g/mol. The predicted molar refractivity (Wildman–Crippen MR) is 76.8 cm³/mol. The molecule has 0 unspecified atom stereocenters. The Morgan fingerprint density at radius 3 is 2.48 bits per heavy atom. The van der Waals surface area contributed by atoms with Gasteiger partial charge < -0.3 is 15.2 Å². The molecule has 11 heteroatoms. The number of carbonyl (C=O) groups excluding carboxylic acids is 1. The summed E-state index contributed by atoms with van der Waals surface area (Å²) in [5.41, 5.74) is 0.375. The van der Waals surface area contributed by atoms with Gasteiger partial charge in [-0.05, 0) is 17.7 Å².